The summed E-state index contributed by atoms with van der Waals surface area (Å²) in [6.07, 6.45) is 1.29. The van der Waals surface area contributed by atoms with Crippen molar-refractivity contribution in [3.05, 3.63) is 65.0 Å². The standard InChI is InChI=1S/C19H20FNO/c1-14-7-5-11-19(15(14)2)22-12-6-8-16(13-21)17-9-3-4-10-18(17)20/h3-5,7,9-11,16H,6,8,12H2,1-2H3. The molecule has 2 aromatic rings. The van der Waals surface area contributed by atoms with E-state index in [1.807, 2.05) is 32.0 Å². The molecule has 3 heteroatoms. The molecule has 22 heavy (non-hydrogen) atoms. The fourth-order valence-electron chi connectivity index (χ4n) is 2.40. The zero-order valence-corrected chi connectivity index (χ0v) is 13.0. The average molecular weight is 297 g/mol. The Kier molecular flexibility index (Phi) is 5.55. The predicted molar refractivity (Wildman–Crippen MR) is 85.4 cm³/mol. The molecule has 2 nitrogen and oxygen atoms in total. The summed E-state index contributed by atoms with van der Waals surface area (Å²) in [5.41, 5.74) is 2.80. The van der Waals surface area contributed by atoms with E-state index in [1.54, 1.807) is 18.2 Å². The number of hydrogen-bond donors (Lipinski definition) is 0. The van der Waals surface area contributed by atoms with Crippen molar-refractivity contribution in [1.29, 1.82) is 5.26 Å². The molecule has 0 amide bonds. The molecule has 0 bridgehead atoms. The van der Waals surface area contributed by atoms with E-state index in [0.29, 0.717) is 25.0 Å². The molecule has 0 aliphatic heterocycles. The summed E-state index contributed by atoms with van der Waals surface area (Å²) in [6.45, 7) is 4.60. The predicted octanol–water partition coefficient (Wildman–Crippen LogP) is 4.91. The SMILES string of the molecule is Cc1cccc(OCCCC(C#N)c2ccccc2F)c1C. The molecule has 0 fully saturated rings. The van der Waals surface area contributed by atoms with Gasteiger partial charge in [-0.2, -0.15) is 5.26 Å². The van der Waals surface area contributed by atoms with Crippen LogP contribution in [-0.4, -0.2) is 6.61 Å². The lowest BCUT2D eigenvalue weighted by molar-refractivity contribution is 0.302. The van der Waals surface area contributed by atoms with E-state index in [1.165, 1.54) is 11.6 Å². The summed E-state index contributed by atoms with van der Waals surface area (Å²) in [7, 11) is 0. The van der Waals surface area contributed by atoms with E-state index in [2.05, 4.69) is 6.07 Å². The highest BCUT2D eigenvalue weighted by Gasteiger charge is 2.14. The van der Waals surface area contributed by atoms with Gasteiger partial charge in [0.1, 0.15) is 11.6 Å². The van der Waals surface area contributed by atoms with Gasteiger partial charge in [0.15, 0.2) is 0 Å². The molecular formula is C19H20FNO. The third-order valence-corrected chi connectivity index (χ3v) is 3.89. The normalized spacial score (nSPS) is 11.7. The fourth-order valence-corrected chi connectivity index (χ4v) is 2.40. The molecule has 0 N–H and O–H groups in total. The van der Waals surface area contributed by atoms with Crippen LogP contribution in [-0.2, 0) is 0 Å². The number of nitriles is 1. The van der Waals surface area contributed by atoms with Crippen LogP contribution in [0.4, 0.5) is 4.39 Å². The Morgan fingerprint density at radius 1 is 1.14 bits per heavy atom. The van der Waals surface area contributed by atoms with Gasteiger partial charge >= 0.3 is 0 Å². The second-order valence-corrected chi connectivity index (χ2v) is 5.39. The lowest BCUT2D eigenvalue weighted by Crippen LogP contribution is -2.04. The number of nitrogens with zero attached hydrogens (tertiary/aromatic N) is 1. The molecular weight excluding hydrogens is 277 g/mol. The zero-order valence-electron chi connectivity index (χ0n) is 13.0. The van der Waals surface area contributed by atoms with Crippen LogP contribution in [0.5, 0.6) is 5.75 Å². The molecule has 0 aliphatic rings. The minimum Gasteiger partial charge on any atom is -0.493 e. The Hall–Kier alpha value is -2.34. The van der Waals surface area contributed by atoms with Gasteiger partial charge < -0.3 is 4.74 Å². The van der Waals surface area contributed by atoms with Crippen molar-refractivity contribution in [2.45, 2.75) is 32.6 Å². The van der Waals surface area contributed by atoms with E-state index in [-0.39, 0.29) is 5.82 Å². The maximum atomic E-state index is 13.7. The van der Waals surface area contributed by atoms with Gasteiger partial charge in [-0.15, -0.1) is 0 Å². The third kappa shape index (κ3) is 3.85. The number of rotatable bonds is 6. The van der Waals surface area contributed by atoms with Gasteiger partial charge in [-0.1, -0.05) is 30.3 Å². The summed E-state index contributed by atoms with van der Waals surface area (Å²) >= 11 is 0. The number of ether oxygens (including phenoxy) is 1. The van der Waals surface area contributed by atoms with Crippen LogP contribution in [0.25, 0.3) is 0 Å². The fraction of sp³-hybridized carbons (Fsp3) is 0.316. The molecule has 0 aliphatic carbocycles. The second-order valence-electron chi connectivity index (χ2n) is 5.39. The Morgan fingerprint density at radius 3 is 2.64 bits per heavy atom. The van der Waals surface area contributed by atoms with Gasteiger partial charge in [0.2, 0.25) is 0 Å². The van der Waals surface area contributed by atoms with Crippen molar-refractivity contribution in [3.8, 4) is 11.8 Å². The van der Waals surface area contributed by atoms with E-state index in [0.717, 1.165) is 11.3 Å². The van der Waals surface area contributed by atoms with Crippen LogP contribution >= 0.6 is 0 Å². The van der Waals surface area contributed by atoms with Crippen LogP contribution in [0.3, 0.4) is 0 Å². The van der Waals surface area contributed by atoms with Gasteiger partial charge in [0, 0.05) is 5.56 Å². The highest BCUT2D eigenvalue weighted by atomic mass is 19.1. The molecule has 2 aromatic carbocycles. The van der Waals surface area contributed by atoms with Crippen molar-refractivity contribution in [1.82, 2.24) is 0 Å². The Labute approximate surface area is 131 Å². The summed E-state index contributed by atoms with van der Waals surface area (Å²) in [5, 5.41) is 9.24. The summed E-state index contributed by atoms with van der Waals surface area (Å²) in [4.78, 5) is 0. The molecule has 0 aromatic heterocycles. The Bertz CT molecular complexity index is 675. The van der Waals surface area contributed by atoms with E-state index < -0.39 is 5.92 Å². The lowest BCUT2D eigenvalue weighted by atomic mass is 9.95. The first kappa shape index (κ1) is 16.0. The smallest absolute Gasteiger partial charge is 0.127 e. The molecule has 114 valence electrons. The van der Waals surface area contributed by atoms with Crippen LogP contribution in [0.2, 0.25) is 0 Å². The van der Waals surface area contributed by atoms with Gasteiger partial charge in [0.05, 0.1) is 18.6 Å². The van der Waals surface area contributed by atoms with Crippen molar-refractivity contribution < 1.29 is 9.13 Å². The first-order valence-corrected chi connectivity index (χ1v) is 7.46. The summed E-state index contributed by atoms with van der Waals surface area (Å²) in [5.74, 6) is 0.132. The molecule has 2 rings (SSSR count). The second kappa shape index (κ2) is 7.61. The molecule has 0 spiro atoms. The topological polar surface area (TPSA) is 33.0 Å². The van der Waals surface area contributed by atoms with E-state index in [9.17, 15) is 9.65 Å². The maximum Gasteiger partial charge on any atom is 0.127 e. The quantitative estimate of drug-likeness (QED) is 0.710. The van der Waals surface area contributed by atoms with Gasteiger partial charge in [0.25, 0.3) is 0 Å². The first-order valence-electron chi connectivity index (χ1n) is 7.46. The number of hydrogen-bond acceptors (Lipinski definition) is 2. The van der Waals surface area contributed by atoms with Crippen LogP contribution in [0, 0.1) is 31.0 Å². The number of aryl methyl sites for hydroxylation is 1. The lowest BCUT2D eigenvalue weighted by Gasteiger charge is -2.13. The molecule has 0 radical (unpaired) electrons. The molecule has 0 saturated carbocycles. The van der Waals surface area contributed by atoms with Gasteiger partial charge in [-0.05, 0) is 49.9 Å². The summed E-state index contributed by atoms with van der Waals surface area (Å²) in [6, 6.07) is 14.6. The van der Waals surface area contributed by atoms with Crippen molar-refractivity contribution in [3.63, 3.8) is 0 Å². The number of benzene rings is 2. The van der Waals surface area contributed by atoms with Crippen molar-refractivity contribution >= 4 is 0 Å². The van der Waals surface area contributed by atoms with E-state index >= 15 is 0 Å². The Balaban J connectivity index is 1.89. The van der Waals surface area contributed by atoms with Crippen LogP contribution in [0.15, 0.2) is 42.5 Å². The zero-order chi connectivity index (χ0) is 15.9. The van der Waals surface area contributed by atoms with Crippen molar-refractivity contribution in [2.75, 3.05) is 6.61 Å². The number of halogens is 1. The Morgan fingerprint density at radius 2 is 1.91 bits per heavy atom. The molecule has 1 unspecified atom stereocenters. The minimum absolute atomic E-state index is 0.315. The first-order chi connectivity index (χ1) is 10.6. The molecule has 1 atom stereocenters. The van der Waals surface area contributed by atoms with Gasteiger partial charge in [-0.25, -0.2) is 4.39 Å². The van der Waals surface area contributed by atoms with Crippen LogP contribution in [0.1, 0.15) is 35.4 Å². The molecule has 0 heterocycles. The average Bonchev–Trinajstić information content (AvgIpc) is 2.52. The highest BCUT2D eigenvalue weighted by Crippen LogP contribution is 2.24. The third-order valence-electron chi connectivity index (χ3n) is 3.89. The highest BCUT2D eigenvalue weighted by molar-refractivity contribution is 5.38. The maximum absolute atomic E-state index is 13.7. The summed E-state index contributed by atoms with van der Waals surface area (Å²) < 4.78 is 19.5. The molecule has 0 saturated heterocycles. The monoisotopic (exact) mass is 297 g/mol. The van der Waals surface area contributed by atoms with Crippen LogP contribution < -0.4 is 4.74 Å². The minimum atomic E-state index is -0.427. The largest absolute Gasteiger partial charge is 0.493 e. The van der Waals surface area contributed by atoms with E-state index in [4.69, 9.17) is 4.74 Å². The van der Waals surface area contributed by atoms with Crippen molar-refractivity contribution in [2.24, 2.45) is 0 Å². The van der Waals surface area contributed by atoms with Gasteiger partial charge in [-0.3, -0.25) is 0 Å².